The maximum atomic E-state index is 13.7. The monoisotopic (exact) mass is 472 g/mol. The van der Waals surface area contributed by atoms with Crippen LogP contribution in [0.1, 0.15) is 32.1 Å². The fourth-order valence-electron chi connectivity index (χ4n) is 5.89. The van der Waals surface area contributed by atoms with Gasteiger partial charge >= 0.3 is 27.3 Å². The summed E-state index contributed by atoms with van der Waals surface area (Å²) in [5, 5.41) is 4.69. The van der Waals surface area contributed by atoms with Gasteiger partial charge < -0.3 is 14.6 Å². The lowest BCUT2D eigenvalue weighted by atomic mass is 9.53. The quantitative estimate of drug-likeness (QED) is 0.459. The van der Waals surface area contributed by atoms with Gasteiger partial charge in [0.2, 0.25) is 0 Å². The van der Waals surface area contributed by atoms with Crippen molar-refractivity contribution < 1.29 is 45.9 Å². The number of halogens is 2. The lowest BCUT2D eigenvalue weighted by Crippen LogP contribution is -2.62. The van der Waals surface area contributed by atoms with E-state index in [4.69, 9.17) is 14.0 Å². The molecule has 6 fully saturated rings. The third kappa shape index (κ3) is 2.73. The van der Waals surface area contributed by atoms with Gasteiger partial charge in [-0.1, -0.05) is 11.8 Å². The molecule has 5 unspecified atom stereocenters. The van der Waals surface area contributed by atoms with E-state index in [0.717, 1.165) is 12.8 Å². The fraction of sp³-hybridized carbons (Fsp3) is 0.875. The van der Waals surface area contributed by atoms with Crippen molar-refractivity contribution in [3.63, 3.8) is 0 Å². The van der Waals surface area contributed by atoms with Crippen LogP contribution in [-0.4, -0.2) is 61.7 Å². The van der Waals surface area contributed by atoms with E-state index in [9.17, 15) is 31.9 Å². The number of hydrogen-bond donors (Lipinski definition) is 2. The van der Waals surface area contributed by atoms with E-state index in [-0.39, 0.29) is 34.7 Å². The van der Waals surface area contributed by atoms with Crippen LogP contribution in [-0.2, 0) is 29.2 Å². The van der Waals surface area contributed by atoms with E-state index in [1.807, 2.05) is 0 Å². The van der Waals surface area contributed by atoms with Gasteiger partial charge in [-0.25, -0.2) is 9.59 Å². The van der Waals surface area contributed by atoms with Gasteiger partial charge in [0.1, 0.15) is 5.60 Å². The summed E-state index contributed by atoms with van der Waals surface area (Å²) in [6, 6.07) is 0. The molecule has 0 aromatic heterocycles. The zero-order valence-electron chi connectivity index (χ0n) is 14.8. The Morgan fingerprint density at radius 3 is 2.38 bits per heavy atom. The minimum absolute atomic E-state index is 0.0209. The van der Waals surface area contributed by atoms with Gasteiger partial charge in [-0.05, 0) is 49.9 Å². The number of rotatable bonds is 3. The van der Waals surface area contributed by atoms with Gasteiger partial charge in [0.25, 0.3) is 0 Å². The molecule has 0 aromatic rings. The number of ether oxygens (including phenoxy) is 2. The van der Waals surface area contributed by atoms with Crippen LogP contribution in [0.25, 0.3) is 0 Å². The summed E-state index contributed by atoms with van der Waals surface area (Å²) in [6.45, 7) is 0. The smallest absolute Gasteiger partial charge is 0.454 e. The van der Waals surface area contributed by atoms with Gasteiger partial charge in [-0.15, -0.1) is 11.8 Å². The number of fused-ring (bicyclic) bond motifs is 1. The Kier molecular flexibility index (Phi) is 4.19. The van der Waals surface area contributed by atoms with E-state index < -0.39 is 49.7 Å². The van der Waals surface area contributed by atoms with Crippen molar-refractivity contribution in [2.45, 2.75) is 63.8 Å². The summed E-state index contributed by atoms with van der Waals surface area (Å²) in [5.41, 5.74) is -1.66. The first-order chi connectivity index (χ1) is 13.4. The average molecular weight is 473 g/mol. The van der Waals surface area contributed by atoms with E-state index in [1.54, 1.807) is 0 Å². The van der Waals surface area contributed by atoms with Gasteiger partial charge in [0.15, 0.2) is 11.5 Å². The summed E-state index contributed by atoms with van der Waals surface area (Å²) >= 11 is 2.99. The predicted molar refractivity (Wildman–Crippen MR) is 96.5 cm³/mol. The number of aliphatic hydroxyl groups is 1. The molecule has 0 radical (unpaired) electrons. The van der Waals surface area contributed by atoms with Gasteiger partial charge in [-0.3, -0.25) is 4.55 Å². The van der Waals surface area contributed by atoms with Gasteiger partial charge in [-0.2, -0.15) is 17.2 Å². The van der Waals surface area contributed by atoms with Crippen LogP contribution in [0.5, 0.6) is 0 Å². The molecule has 5 atom stereocenters. The Morgan fingerprint density at radius 2 is 1.83 bits per heavy atom. The number of carbonyl (C=O) groups is 2. The highest BCUT2D eigenvalue weighted by Crippen LogP contribution is 2.73. The molecule has 2 aliphatic heterocycles. The zero-order valence-corrected chi connectivity index (χ0v) is 17.3. The minimum atomic E-state index is -5.92. The minimum Gasteiger partial charge on any atom is -0.454 e. The number of alkyl halides is 2. The largest absolute Gasteiger partial charge is 0.465 e. The van der Waals surface area contributed by atoms with Crippen molar-refractivity contribution in [3.8, 4) is 0 Å². The standard InChI is InChI=1S/C16H18F2O8S3/c17-16(18,29(22,23)24)13(21)26-14-3-6-1-7(4-14)15(8(2-6)5-14)27-10-9(19)11(20)25-12(10)28-15/h6-10,12,19H,1-5H2,(H,22,23,24). The Labute approximate surface area is 173 Å². The van der Waals surface area contributed by atoms with Gasteiger partial charge in [0.05, 0.1) is 9.33 Å². The zero-order chi connectivity index (χ0) is 21.0. The molecule has 2 heterocycles. The molecule has 13 heteroatoms. The van der Waals surface area contributed by atoms with Crippen molar-refractivity contribution in [2.24, 2.45) is 17.8 Å². The summed E-state index contributed by atoms with van der Waals surface area (Å²) < 4.78 is 67.9. The Bertz CT molecular complexity index is 877. The van der Waals surface area contributed by atoms with Crippen molar-refractivity contribution in [1.82, 2.24) is 0 Å². The first kappa shape index (κ1) is 20.3. The first-order valence-electron chi connectivity index (χ1n) is 9.19. The molecule has 0 amide bonds. The van der Waals surface area contributed by atoms with E-state index in [1.165, 1.54) is 23.5 Å². The second kappa shape index (κ2) is 5.99. The van der Waals surface area contributed by atoms with Crippen LogP contribution in [0.4, 0.5) is 8.78 Å². The molecule has 6 rings (SSSR count). The SMILES string of the molecule is O=C1OC2SC3(SC2C1O)C1CC2CC3CC(OC(=O)C(F)(F)S(=O)(=O)O)(C2)C1. The van der Waals surface area contributed by atoms with Crippen molar-refractivity contribution >= 4 is 45.6 Å². The number of aliphatic hydroxyl groups excluding tert-OH is 1. The lowest BCUT2D eigenvalue weighted by Gasteiger charge is -2.63. The first-order valence-corrected chi connectivity index (χ1v) is 12.4. The molecule has 8 nitrogen and oxygen atoms in total. The van der Waals surface area contributed by atoms with E-state index >= 15 is 0 Å². The van der Waals surface area contributed by atoms with Crippen molar-refractivity contribution in [2.75, 3.05) is 0 Å². The lowest BCUT2D eigenvalue weighted by molar-refractivity contribution is -0.202. The summed E-state index contributed by atoms with van der Waals surface area (Å²) in [6.07, 6.45) is 1.35. The molecule has 4 bridgehead atoms. The average Bonchev–Trinajstić information content (AvgIpc) is 3.08. The highest BCUT2D eigenvalue weighted by molar-refractivity contribution is 8.22. The number of hydrogen-bond acceptors (Lipinski definition) is 9. The van der Waals surface area contributed by atoms with E-state index in [0.29, 0.717) is 6.42 Å². The second-order valence-electron chi connectivity index (χ2n) is 8.58. The van der Waals surface area contributed by atoms with E-state index in [2.05, 4.69) is 0 Å². The molecule has 0 aromatic carbocycles. The molecular weight excluding hydrogens is 454 g/mol. The Hall–Kier alpha value is -0.630. The number of carbonyl (C=O) groups excluding carboxylic acids is 2. The number of esters is 2. The molecule has 1 spiro atoms. The Balaban J connectivity index is 1.39. The van der Waals surface area contributed by atoms with Crippen LogP contribution in [0, 0.1) is 17.8 Å². The van der Waals surface area contributed by atoms with Crippen molar-refractivity contribution in [1.29, 1.82) is 0 Å². The normalized spacial score (nSPS) is 48.1. The van der Waals surface area contributed by atoms with Crippen LogP contribution in [0.3, 0.4) is 0 Å². The molecule has 2 N–H and O–H groups in total. The Morgan fingerprint density at radius 1 is 1.21 bits per heavy atom. The number of thioether (sulfide) groups is 2. The van der Waals surface area contributed by atoms with Gasteiger partial charge in [0, 0.05) is 0 Å². The molecule has 2 saturated heterocycles. The van der Waals surface area contributed by atoms with Crippen molar-refractivity contribution in [3.05, 3.63) is 0 Å². The maximum Gasteiger partial charge on any atom is 0.465 e. The molecule has 4 aliphatic carbocycles. The topological polar surface area (TPSA) is 127 Å². The van der Waals surface area contributed by atoms with Crippen LogP contribution >= 0.6 is 23.5 Å². The summed E-state index contributed by atoms with van der Waals surface area (Å²) in [7, 11) is -5.92. The third-order valence-corrected chi connectivity index (χ3v) is 11.8. The fourth-order valence-corrected chi connectivity index (χ4v) is 10.4. The molecular formula is C16H18F2O8S3. The molecule has 29 heavy (non-hydrogen) atoms. The van der Waals surface area contributed by atoms with Crippen LogP contribution in [0.15, 0.2) is 0 Å². The van der Waals surface area contributed by atoms with Crippen LogP contribution in [0.2, 0.25) is 0 Å². The molecule has 4 saturated carbocycles. The summed E-state index contributed by atoms with van der Waals surface area (Å²) in [5.74, 6) is -2.78. The summed E-state index contributed by atoms with van der Waals surface area (Å²) in [4.78, 5) is 23.6. The second-order valence-corrected chi connectivity index (χ2v) is 13.1. The highest BCUT2D eigenvalue weighted by atomic mass is 32.2. The highest BCUT2D eigenvalue weighted by Gasteiger charge is 2.71. The van der Waals surface area contributed by atoms with Crippen LogP contribution < -0.4 is 0 Å². The third-order valence-electron chi connectivity index (χ3n) is 6.82. The molecule has 162 valence electrons. The molecule has 6 aliphatic rings. The maximum absolute atomic E-state index is 13.7. The predicted octanol–water partition coefficient (Wildman–Crippen LogP) is 1.38.